The molecule has 1 amide bonds. The summed E-state index contributed by atoms with van der Waals surface area (Å²) >= 11 is 7.62. The molecule has 1 aromatic carbocycles. The number of hydrogen-bond donors (Lipinski definition) is 0. The van der Waals surface area contributed by atoms with E-state index in [-0.39, 0.29) is 24.6 Å². The van der Waals surface area contributed by atoms with Crippen LogP contribution >= 0.6 is 22.9 Å². The number of aryl methyl sites for hydroxylation is 1. The molecule has 3 rings (SSSR count). The van der Waals surface area contributed by atoms with Crippen molar-refractivity contribution in [3.63, 3.8) is 0 Å². The van der Waals surface area contributed by atoms with Crippen LogP contribution in [0.5, 0.6) is 0 Å². The Bertz CT molecular complexity index is 985. The van der Waals surface area contributed by atoms with Gasteiger partial charge in [0.2, 0.25) is 11.8 Å². The molecule has 0 radical (unpaired) electrons. The van der Waals surface area contributed by atoms with Crippen molar-refractivity contribution in [1.29, 1.82) is 0 Å². The number of carbonyl (C=O) groups is 1. The maximum atomic E-state index is 12.6. The van der Waals surface area contributed by atoms with Crippen LogP contribution in [0.1, 0.15) is 17.0 Å². The minimum Gasteiger partial charge on any atom is -0.440 e. The SMILES string of the molecule is Cc1oc(-c2cccs2)nc1CC(=O)N(C)Cc1cc([N+](=O)[O-])ccc1Cl. The molecule has 140 valence electrons. The van der Waals surface area contributed by atoms with Crippen LogP contribution < -0.4 is 0 Å². The minimum atomic E-state index is -0.494. The largest absolute Gasteiger partial charge is 0.440 e. The zero-order valence-corrected chi connectivity index (χ0v) is 16.2. The van der Waals surface area contributed by atoms with Crippen LogP contribution in [0.25, 0.3) is 10.8 Å². The van der Waals surface area contributed by atoms with Crippen LogP contribution in [0.3, 0.4) is 0 Å². The molecule has 0 unspecified atom stereocenters. The highest BCUT2D eigenvalue weighted by Gasteiger charge is 2.19. The molecule has 3 aromatic rings. The van der Waals surface area contributed by atoms with E-state index >= 15 is 0 Å². The number of nitro groups is 1. The number of non-ortho nitro benzene ring substituents is 1. The first-order valence-electron chi connectivity index (χ1n) is 8.02. The van der Waals surface area contributed by atoms with Crippen molar-refractivity contribution in [1.82, 2.24) is 9.88 Å². The fourth-order valence-corrected chi connectivity index (χ4v) is 3.34. The summed E-state index contributed by atoms with van der Waals surface area (Å²) in [5.41, 5.74) is 1.02. The first-order valence-corrected chi connectivity index (χ1v) is 9.28. The quantitative estimate of drug-likeness (QED) is 0.445. The molecule has 0 aliphatic rings. The van der Waals surface area contributed by atoms with Crippen molar-refractivity contribution in [2.24, 2.45) is 0 Å². The van der Waals surface area contributed by atoms with Gasteiger partial charge >= 0.3 is 0 Å². The molecule has 0 aliphatic heterocycles. The topological polar surface area (TPSA) is 89.5 Å². The second-order valence-electron chi connectivity index (χ2n) is 5.96. The number of amides is 1. The summed E-state index contributed by atoms with van der Waals surface area (Å²) in [6, 6.07) is 7.97. The lowest BCUT2D eigenvalue weighted by atomic mass is 10.1. The molecule has 0 saturated heterocycles. The number of aromatic nitrogens is 1. The van der Waals surface area contributed by atoms with E-state index in [1.807, 2.05) is 17.5 Å². The van der Waals surface area contributed by atoms with Crippen molar-refractivity contribution in [2.75, 3.05) is 7.05 Å². The molecule has 0 bridgehead atoms. The lowest BCUT2D eigenvalue weighted by Gasteiger charge is -2.17. The molecule has 0 fully saturated rings. The first kappa shape index (κ1) is 19.1. The van der Waals surface area contributed by atoms with E-state index in [4.69, 9.17) is 16.0 Å². The molecular weight excluding hydrogens is 390 g/mol. The van der Waals surface area contributed by atoms with Crippen LogP contribution in [0.4, 0.5) is 5.69 Å². The van der Waals surface area contributed by atoms with Gasteiger partial charge in [0.25, 0.3) is 5.69 Å². The maximum absolute atomic E-state index is 12.6. The van der Waals surface area contributed by atoms with Gasteiger partial charge in [-0.25, -0.2) is 4.98 Å². The standard InChI is InChI=1S/C18H16ClN3O4S/c1-11-15(20-18(26-11)16-4-3-7-27-16)9-17(23)21(2)10-12-8-13(22(24)25)5-6-14(12)19/h3-8H,9-10H2,1-2H3. The van der Waals surface area contributed by atoms with Gasteiger partial charge in [-0.05, 0) is 30.0 Å². The minimum absolute atomic E-state index is 0.0665. The molecular formula is C18H16ClN3O4S. The van der Waals surface area contributed by atoms with Crippen LogP contribution in [0.15, 0.2) is 40.1 Å². The number of benzene rings is 1. The molecule has 0 aliphatic carbocycles. The molecule has 2 heterocycles. The number of oxazole rings is 1. The van der Waals surface area contributed by atoms with Crippen molar-refractivity contribution in [3.05, 3.63) is 67.9 Å². The number of rotatable bonds is 6. The highest BCUT2D eigenvalue weighted by atomic mass is 35.5. The van der Waals surface area contributed by atoms with Gasteiger partial charge in [0, 0.05) is 30.7 Å². The van der Waals surface area contributed by atoms with Gasteiger partial charge in [0.1, 0.15) is 5.76 Å². The molecule has 9 heteroatoms. The average Bonchev–Trinajstić information content (AvgIpc) is 3.27. The van der Waals surface area contributed by atoms with Crippen LogP contribution in [0.2, 0.25) is 5.02 Å². The Morgan fingerprint density at radius 2 is 2.19 bits per heavy atom. The predicted octanol–water partition coefficient (Wildman–Crippen LogP) is 4.47. The molecule has 0 spiro atoms. The Kier molecular flexibility index (Phi) is 5.57. The van der Waals surface area contributed by atoms with E-state index in [0.29, 0.717) is 27.9 Å². The zero-order chi connectivity index (χ0) is 19.6. The van der Waals surface area contributed by atoms with E-state index in [0.717, 1.165) is 4.88 Å². The second-order valence-corrected chi connectivity index (χ2v) is 7.31. The smallest absolute Gasteiger partial charge is 0.269 e. The monoisotopic (exact) mass is 405 g/mol. The van der Waals surface area contributed by atoms with Crippen LogP contribution in [-0.2, 0) is 17.8 Å². The van der Waals surface area contributed by atoms with E-state index in [1.165, 1.54) is 34.4 Å². The van der Waals surface area contributed by atoms with Crippen molar-refractivity contribution < 1.29 is 14.1 Å². The fourth-order valence-electron chi connectivity index (χ4n) is 2.52. The Morgan fingerprint density at radius 3 is 2.85 bits per heavy atom. The summed E-state index contributed by atoms with van der Waals surface area (Å²) in [4.78, 5) is 29.8. The Hall–Kier alpha value is -2.71. The second kappa shape index (κ2) is 7.89. The van der Waals surface area contributed by atoms with Gasteiger partial charge in [-0.3, -0.25) is 14.9 Å². The molecule has 0 atom stereocenters. The number of thiophene rings is 1. The van der Waals surface area contributed by atoms with Gasteiger partial charge in [-0.15, -0.1) is 11.3 Å². The van der Waals surface area contributed by atoms with Gasteiger partial charge in [0.05, 0.1) is 21.9 Å². The summed E-state index contributed by atoms with van der Waals surface area (Å²) in [7, 11) is 1.62. The third kappa shape index (κ3) is 4.35. The normalized spacial score (nSPS) is 10.8. The van der Waals surface area contributed by atoms with Crippen LogP contribution in [-0.4, -0.2) is 27.8 Å². The Labute approximate surface area is 164 Å². The number of carbonyl (C=O) groups excluding carboxylic acids is 1. The molecule has 2 aromatic heterocycles. The molecule has 0 saturated carbocycles. The predicted molar refractivity (Wildman–Crippen MR) is 103 cm³/mol. The van der Waals surface area contributed by atoms with Crippen molar-refractivity contribution >= 4 is 34.5 Å². The fraction of sp³-hybridized carbons (Fsp3) is 0.222. The number of halogens is 1. The van der Waals surface area contributed by atoms with Gasteiger partial charge in [-0.2, -0.15) is 0 Å². The number of hydrogen-bond acceptors (Lipinski definition) is 6. The van der Waals surface area contributed by atoms with Crippen LogP contribution in [0, 0.1) is 17.0 Å². The first-order chi connectivity index (χ1) is 12.8. The molecule has 27 heavy (non-hydrogen) atoms. The number of nitro benzene ring substituents is 1. The van der Waals surface area contributed by atoms with E-state index < -0.39 is 4.92 Å². The number of likely N-dealkylation sites (N-methyl/N-ethyl adjacent to an activating group) is 1. The third-order valence-electron chi connectivity index (χ3n) is 4.02. The number of nitrogens with zero attached hydrogens (tertiary/aromatic N) is 3. The highest BCUT2D eigenvalue weighted by molar-refractivity contribution is 7.13. The average molecular weight is 406 g/mol. The lowest BCUT2D eigenvalue weighted by Crippen LogP contribution is -2.28. The summed E-state index contributed by atoms with van der Waals surface area (Å²) in [6.45, 7) is 1.93. The van der Waals surface area contributed by atoms with Crippen molar-refractivity contribution in [2.45, 2.75) is 19.9 Å². The van der Waals surface area contributed by atoms with Gasteiger partial charge in [0.15, 0.2) is 0 Å². The zero-order valence-electron chi connectivity index (χ0n) is 14.6. The lowest BCUT2D eigenvalue weighted by molar-refractivity contribution is -0.384. The molecule has 0 N–H and O–H groups in total. The summed E-state index contributed by atoms with van der Waals surface area (Å²) in [5, 5.41) is 13.2. The Balaban J connectivity index is 1.72. The van der Waals surface area contributed by atoms with E-state index in [9.17, 15) is 14.9 Å². The van der Waals surface area contributed by atoms with Gasteiger partial charge < -0.3 is 9.32 Å². The van der Waals surface area contributed by atoms with E-state index in [2.05, 4.69) is 4.98 Å². The maximum Gasteiger partial charge on any atom is 0.269 e. The van der Waals surface area contributed by atoms with Crippen molar-refractivity contribution in [3.8, 4) is 10.8 Å². The Morgan fingerprint density at radius 1 is 1.41 bits per heavy atom. The third-order valence-corrected chi connectivity index (χ3v) is 5.24. The van der Waals surface area contributed by atoms with Gasteiger partial charge in [-0.1, -0.05) is 17.7 Å². The summed E-state index contributed by atoms with van der Waals surface area (Å²) < 4.78 is 5.65. The van der Waals surface area contributed by atoms with E-state index in [1.54, 1.807) is 14.0 Å². The summed E-state index contributed by atoms with van der Waals surface area (Å²) in [6.07, 6.45) is 0.0732. The summed E-state index contributed by atoms with van der Waals surface area (Å²) in [5.74, 6) is 0.898. The molecule has 7 nitrogen and oxygen atoms in total. The highest BCUT2D eigenvalue weighted by Crippen LogP contribution is 2.27.